The fourth-order valence-corrected chi connectivity index (χ4v) is 9.01. The van der Waals surface area contributed by atoms with Gasteiger partial charge in [0.05, 0.1) is 0 Å². The molecule has 0 rings (SSSR count). The topological polar surface area (TPSA) is 0 Å². The van der Waals surface area contributed by atoms with Crippen LogP contribution in [0.15, 0.2) is 0 Å². The Hall–Kier alpha value is 0.532. The predicted molar refractivity (Wildman–Crippen MR) is 130 cm³/mol. The van der Waals surface area contributed by atoms with Crippen LogP contribution in [0.4, 0.5) is 0 Å². The van der Waals surface area contributed by atoms with Crippen molar-refractivity contribution in [2.45, 2.75) is 165 Å². The van der Waals surface area contributed by atoms with Crippen LogP contribution < -0.4 is 0 Å². The van der Waals surface area contributed by atoms with E-state index in [2.05, 4.69) is 27.7 Å². The first-order chi connectivity index (χ1) is 13.3. The summed E-state index contributed by atoms with van der Waals surface area (Å²) >= 11 is -0.544. The van der Waals surface area contributed by atoms with E-state index in [1.165, 1.54) is 101 Å². The molecule has 27 heavy (non-hydrogen) atoms. The summed E-state index contributed by atoms with van der Waals surface area (Å²) in [5.74, 6) is 0. The monoisotopic (exact) mass is 394 g/mol. The minimum absolute atomic E-state index is 0.544. The van der Waals surface area contributed by atoms with Gasteiger partial charge >= 0.3 is 0 Å². The van der Waals surface area contributed by atoms with Crippen molar-refractivity contribution in [2.75, 3.05) is 0 Å². The van der Waals surface area contributed by atoms with Gasteiger partial charge in [0.2, 0.25) is 0 Å². The highest BCUT2D eigenvalue weighted by Gasteiger charge is 2.26. The molecular formula is C26H55Al. The Morgan fingerprint density at radius 1 is 0.407 bits per heavy atom. The lowest BCUT2D eigenvalue weighted by Crippen LogP contribution is -2.21. The van der Waals surface area contributed by atoms with Gasteiger partial charge in [-0.1, -0.05) is 165 Å². The molecule has 0 saturated carbocycles. The molecule has 0 aromatic heterocycles. The molecule has 0 spiro atoms. The molecule has 0 radical (unpaired) electrons. The van der Waals surface area contributed by atoms with Crippen molar-refractivity contribution >= 4 is 14.1 Å². The van der Waals surface area contributed by atoms with E-state index in [1.807, 2.05) is 0 Å². The van der Waals surface area contributed by atoms with E-state index >= 15 is 0 Å². The van der Waals surface area contributed by atoms with Crippen LogP contribution in [0.25, 0.3) is 0 Å². The van der Waals surface area contributed by atoms with E-state index in [9.17, 15) is 0 Å². The number of hydrogen-bond acceptors (Lipinski definition) is 0. The maximum absolute atomic E-state index is 2.35. The first kappa shape index (κ1) is 27.5. The third kappa shape index (κ3) is 18.3. The highest BCUT2D eigenvalue weighted by molar-refractivity contribution is 6.60. The van der Waals surface area contributed by atoms with Gasteiger partial charge in [-0.25, -0.2) is 0 Å². The SMILES string of the molecule is CCCCCCC[CH](CCCCCC)[Al]([CH2]CCCCC)[CH2]CCCCC. The van der Waals surface area contributed by atoms with Gasteiger partial charge in [0, 0.05) is 0 Å². The highest BCUT2D eigenvalue weighted by atomic mass is 27.2. The minimum Gasteiger partial charge on any atom is -0.0937 e. The highest BCUT2D eigenvalue weighted by Crippen LogP contribution is 2.32. The zero-order valence-electron chi connectivity index (χ0n) is 20.0. The number of hydrogen-bond donors (Lipinski definition) is 0. The summed E-state index contributed by atoms with van der Waals surface area (Å²) in [6.45, 7) is 9.40. The molecule has 0 amide bonds. The molecule has 0 N–H and O–H groups in total. The lowest BCUT2D eigenvalue weighted by atomic mass is 10.0. The van der Waals surface area contributed by atoms with Crippen molar-refractivity contribution in [1.29, 1.82) is 0 Å². The molecule has 0 aromatic carbocycles. The summed E-state index contributed by atoms with van der Waals surface area (Å²) in [6, 6.07) is 0. The second-order valence-corrected chi connectivity index (χ2v) is 12.9. The van der Waals surface area contributed by atoms with Gasteiger partial charge in [0.15, 0.2) is 0 Å². The van der Waals surface area contributed by atoms with Crippen LogP contribution in [0.5, 0.6) is 0 Å². The van der Waals surface area contributed by atoms with Crippen molar-refractivity contribution < 1.29 is 0 Å². The Kier molecular flexibility index (Phi) is 23.3. The zero-order valence-corrected chi connectivity index (χ0v) is 21.2. The summed E-state index contributed by atoms with van der Waals surface area (Å²) in [5, 5.41) is 3.33. The third-order valence-corrected chi connectivity index (χ3v) is 10.9. The van der Waals surface area contributed by atoms with Crippen LogP contribution in [0.1, 0.15) is 150 Å². The van der Waals surface area contributed by atoms with Gasteiger partial charge < -0.3 is 0 Å². The lowest BCUT2D eigenvalue weighted by Gasteiger charge is -2.24. The fourth-order valence-electron chi connectivity index (χ4n) is 4.74. The lowest BCUT2D eigenvalue weighted by molar-refractivity contribution is 0.536. The molecule has 0 aliphatic carbocycles. The molecule has 0 heterocycles. The van der Waals surface area contributed by atoms with E-state index in [4.69, 9.17) is 0 Å². The fraction of sp³-hybridized carbons (Fsp3) is 1.00. The minimum atomic E-state index is -0.544. The van der Waals surface area contributed by atoms with E-state index in [0.29, 0.717) is 0 Å². The Balaban J connectivity index is 4.53. The largest absolute Gasteiger partial charge is 0.265 e. The average Bonchev–Trinajstić information content (AvgIpc) is 2.68. The van der Waals surface area contributed by atoms with E-state index in [0.717, 1.165) is 0 Å². The van der Waals surface area contributed by atoms with Crippen LogP contribution in [0.3, 0.4) is 0 Å². The van der Waals surface area contributed by atoms with Gasteiger partial charge in [0.25, 0.3) is 14.1 Å². The Morgan fingerprint density at radius 3 is 1.15 bits per heavy atom. The molecule has 1 unspecified atom stereocenters. The van der Waals surface area contributed by atoms with Crippen molar-refractivity contribution in [2.24, 2.45) is 0 Å². The van der Waals surface area contributed by atoms with Gasteiger partial charge in [-0.2, -0.15) is 0 Å². The molecule has 0 aliphatic rings. The molecule has 0 aromatic rings. The average molecular weight is 395 g/mol. The van der Waals surface area contributed by atoms with E-state index in [-0.39, 0.29) is 0 Å². The van der Waals surface area contributed by atoms with Crippen LogP contribution >= 0.6 is 0 Å². The van der Waals surface area contributed by atoms with Crippen LogP contribution in [-0.2, 0) is 0 Å². The van der Waals surface area contributed by atoms with E-state index < -0.39 is 14.1 Å². The second kappa shape index (κ2) is 22.8. The molecule has 1 atom stereocenters. The van der Waals surface area contributed by atoms with Crippen LogP contribution in [-0.4, -0.2) is 14.1 Å². The van der Waals surface area contributed by atoms with Crippen LogP contribution in [0.2, 0.25) is 15.3 Å². The van der Waals surface area contributed by atoms with Gasteiger partial charge in [0.1, 0.15) is 0 Å². The summed E-state index contributed by atoms with van der Waals surface area (Å²) in [6.07, 6.45) is 28.3. The molecule has 162 valence electrons. The Morgan fingerprint density at radius 2 is 0.741 bits per heavy atom. The standard InChI is InChI=1S/C14H29.2C6H13.Al/c1-3-5-7-9-11-13-14-12-10-8-6-4-2;2*1-3-5-6-4-2;/h13H,3-12,14H2,1-2H3;2*1,3-6H2,2H3;. The van der Waals surface area contributed by atoms with Gasteiger partial charge in [-0.05, 0) is 0 Å². The van der Waals surface area contributed by atoms with Crippen molar-refractivity contribution in [3.05, 3.63) is 0 Å². The molecular weight excluding hydrogens is 339 g/mol. The number of rotatable bonds is 22. The van der Waals surface area contributed by atoms with E-state index in [1.54, 1.807) is 36.2 Å². The van der Waals surface area contributed by atoms with Crippen molar-refractivity contribution in [3.8, 4) is 0 Å². The number of unbranched alkanes of at least 4 members (excludes halogenated alkanes) is 13. The first-order valence-corrected chi connectivity index (χ1v) is 15.6. The summed E-state index contributed by atoms with van der Waals surface area (Å²) in [4.78, 5) is 0. The molecule has 0 nitrogen and oxygen atoms in total. The Labute approximate surface area is 179 Å². The Bertz CT molecular complexity index is 251. The van der Waals surface area contributed by atoms with Gasteiger partial charge in [-0.15, -0.1) is 0 Å². The normalized spacial score (nSPS) is 12.4. The molecule has 1 heteroatoms. The maximum Gasteiger partial charge on any atom is 0.265 e. The molecule has 0 bridgehead atoms. The smallest absolute Gasteiger partial charge is 0.0937 e. The molecule has 0 aliphatic heterocycles. The molecule has 0 fully saturated rings. The second-order valence-electron chi connectivity index (χ2n) is 9.27. The maximum atomic E-state index is 2.35. The third-order valence-electron chi connectivity index (χ3n) is 6.63. The first-order valence-electron chi connectivity index (χ1n) is 13.3. The van der Waals surface area contributed by atoms with Crippen molar-refractivity contribution in [1.82, 2.24) is 0 Å². The predicted octanol–water partition coefficient (Wildman–Crippen LogP) is 10.3. The van der Waals surface area contributed by atoms with Crippen molar-refractivity contribution in [3.63, 3.8) is 0 Å². The summed E-state index contributed by atoms with van der Waals surface area (Å²) < 4.78 is 1.17. The summed E-state index contributed by atoms with van der Waals surface area (Å²) in [7, 11) is 0. The zero-order chi connectivity index (χ0) is 20.0. The summed E-state index contributed by atoms with van der Waals surface area (Å²) in [5.41, 5.74) is 0. The van der Waals surface area contributed by atoms with Crippen LogP contribution in [0, 0.1) is 0 Å². The van der Waals surface area contributed by atoms with Gasteiger partial charge in [-0.3, -0.25) is 0 Å². The molecule has 0 saturated heterocycles. The quantitative estimate of drug-likeness (QED) is 0.126.